The molecule has 0 fully saturated rings. The molecule has 0 unspecified atom stereocenters. The van der Waals surface area contributed by atoms with E-state index < -0.39 is 18.4 Å². The van der Waals surface area contributed by atoms with Crippen LogP contribution in [0, 0.1) is 6.92 Å². The molecule has 0 aliphatic carbocycles. The number of halogens is 3. The Morgan fingerprint density at radius 3 is 2.56 bits per heavy atom. The van der Waals surface area contributed by atoms with Crippen LogP contribution in [0.4, 0.5) is 13.2 Å². The average Bonchev–Trinajstić information content (AvgIpc) is 3.41. The first-order valence-corrected chi connectivity index (χ1v) is 11.9. The Bertz CT molecular complexity index is 1690. The maximum Gasteiger partial charge on any atom is 0.573 e. The number of hydrogen-bond donors (Lipinski definition) is 1. The fourth-order valence-electron chi connectivity index (χ4n) is 4.59. The highest BCUT2D eigenvalue weighted by Crippen LogP contribution is 2.41. The number of methoxy groups -OCH3 is 1. The van der Waals surface area contributed by atoms with Crippen LogP contribution in [0.25, 0.3) is 33.1 Å². The minimum Gasteiger partial charge on any atom is -0.493 e. The number of hydrogen-bond acceptors (Lipinski definition) is 6. The molecule has 1 N–H and O–H groups in total. The zero-order chi connectivity index (χ0) is 27.9. The fraction of sp³-hybridized carbons (Fsp3) is 0.214. The smallest absolute Gasteiger partial charge is 0.493 e. The van der Waals surface area contributed by atoms with Crippen LogP contribution in [0.1, 0.15) is 18.2 Å². The van der Waals surface area contributed by atoms with Gasteiger partial charge in [0.15, 0.2) is 11.9 Å². The molecule has 0 saturated heterocycles. The molecule has 0 bridgehead atoms. The number of nitrogens with zero attached hydrogens (tertiary/aromatic N) is 2. The highest BCUT2D eigenvalue weighted by atomic mass is 19.4. The third-order valence-corrected chi connectivity index (χ3v) is 6.35. The molecule has 11 heteroatoms. The molecule has 2 heterocycles. The van der Waals surface area contributed by atoms with Crippen molar-refractivity contribution in [3.63, 3.8) is 0 Å². The quantitative estimate of drug-likeness (QED) is 0.238. The zero-order valence-electron chi connectivity index (χ0n) is 21.1. The maximum atomic E-state index is 13.0. The van der Waals surface area contributed by atoms with Gasteiger partial charge in [0.1, 0.15) is 17.2 Å². The lowest BCUT2D eigenvalue weighted by molar-refractivity contribution is -0.274. The number of alkyl halides is 3. The highest BCUT2D eigenvalue weighted by molar-refractivity contribution is 6.05. The molecule has 0 aliphatic rings. The largest absolute Gasteiger partial charge is 0.573 e. The van der Waals surface area contributed by atoms with Gasteiger partial charge < -0.3 is 28.4 Å². The molecule has 0 aliphatic heterocycles. The molecule has 1 atom stereocenters. The lowest BCUT2D eigenvalue weighted by atomic mass is 10.0. The van der Waals surface area contributed by atoms with Crippen LogP contribution in [-0.4, -0.2) is 40.4 Å². The Balaban J connectivity index is 1.66. The summed E-state index contributed by atoms with van der Waals surface area (Å²) in [6, 6.07) is 16.4. The average molecular weight is 540 g/mol. The van der Waals surface area contributed by atoms with Gasteiger partial charge in [0.2, 0.25) is 5.58 Å². The minimum atomic E-state index is -4.85. The van der Waals surface area contributed by atoms with Gasteiger partial charge in [-0.1, -0.05) is 23.4 Å². The number of aromatic nitrogens is 2. The van der Waals surface area contributed by atoms with Gasteiger partial charge in [-0.3, -0.25) is 0 Å². The predicted molar refractivity (Wildman–Crippen MR) is 136 cm³/mol. The summed E-state index contributed by atoms with van der Waals surface area (Å²) >= 11 is 0. The summed E-state index contributed by atoms with van der Waals surface area (Å²) in [4.78, 5) is 11.2. The number of ether oxygens (including phenoxy) is 3. The molecule has 3 aromatic carbocycles. The first kappa shape index (κ1) is 26.0. The Kier molecular flexibility index (Phi) is 6.59. The standard InChI is InChI=1S/C28H23F3N2O6/c1-15-24(25-21-8-5-9-23(36-3)26(21)39-32-25)20-11-10-19(38-28(29,30)31)13-22(20)33(15)14-17-6-4-7-18(12-17)37-16(2)27(34)35/h4-13,16H,14H2,1-3H3,(H,34,35)/t16-/m0/s1. The number of benzene rings is 3. The summed E-state index contributed by atoms with van der Waals surface area (Å²) in [5, 5.41) is 14.8. The van der Waals surface area contributed by atoms with Gasteiger partial charge in [0.05, 0.1) is 18.0 Å². The fourth-order valence-corrected chi connectivity index (χ4v) is 4.59. The van der Waals surface area contributed by atoms with E-state index in [1.807, 2.05) is 23.6 Å². The summed E-state index contributed by atoms with van der Waals surface area (Å²) in [5.41, 5.74) is 3.59. The third-order valence-electron chi connectivity index (χ3n) is 6.35. The Morgan fingerprint density at radius 2 is 1.85 bits per heavy atom. The van der Waals surface area contributed by atoms with Gasteiger partial charge in [0, 0.05) is 29.3 Å². The van der Waals surface area contributed by atoms with Crippen molar-refractivity contribution in [2.45, 2.75) is 32.9 Å². The lowest BCUT2D eigenvalue weighted by Crippen LogP contribution is -2.22. The topological polar surface area (TPSA) is 96.0 Å². The number of carboxylic acid groups (broad SMARTS) is 1. The molecule has 5 aromatic rings. The van der Waals surface area contributed by atoms with E-state index >= 15 is 0 Å². The van der Waals surface area contributed by atoms with Crippen LogP contribution in [-0.2, 0) is 11.3 Å². The number of rotatable bonds is 8. The minimum absolute atomic E-state index is 0.246. The van der Waals surface area contributed by atoms with Gasteiger partial charge in [-0.2, -0.15) is 0 Å². The molecule has 0 spiro atoms. The second kappa shape index (κ2) is 9.90. The van der Waals surface area contributed by atoms with Crippen LogP contribution in [0.15, 0.2) is 65.2 Å². The molecular weight excluding hydrogens is 517 g/mol. The number of aliphatic carboxylic acids is 1. The second-order valence-electron chi connectivity index (χ2n) is 8.89. The molecule has 202 valence electrons. The molecule has 2 aromatic heterocycles. The van der Waals surface area contributed by atoms with Gasteiger partial charge in [-0.05, 0) is 55.8 Å². The molecule has 5 rings (SSSR count). The summed E-state index contributed by atoms with van der Waals surface area (Å²) in [7, 11) is 1.52. The molecule has 39 heavy (non-hydrogen) atoms. The first-order chi connectivity index (χ1) is 18.6. The van der Waals surface area contributed by atoms with Crippen molar-refractivity contribution in [1.82, 2.24) is 9.72 Å². The number of para-hydroxylation sites is 1. The van der Waals surface area contributed by atoms with Gasteiger partial charge in [-0.25, -0.2) is 4.79 Å². The van der Waals surface area contributed by atoms with E-state index in [0.717, 1.165) is 11.3 Å². The number of carboxylic acids is 1. The number of fused-ring (bicyclic) bond motifs is 2. The van der Waals surface area contributed by atoms with Crippen LogP contribution in [0.3, 0.4) is 0 Å². The third kappa shape index (κ3) is 5.07. The van der Waals surface area contributed by atoms with E-state index in [-0.39, 0.29) is 12.3 Å². The van der Waals surface area contributed by atoms with Crippen LogP contribution in [0.2, 0.25) is 0 Å². The van der Waals surface area contributed by atoms with E-state index in [4.69, 9.17) is 19.1 Å². The predicted octanol–water partition coefficient (Wildman–Crippen LogP) is 6.57. The molecule has 0 amide bonds. The Morgan fingerprint density at radius 1 is 1.08 bits per heavy atom. The van der Waals surface area contributed by atoms with Crippen molar-refractivity contribution in [3.8, 4) is 28.5 Å². The SMILES string of the molecule is COc1cccc2c(-c3c(C)n(Cc4cccc(O[C@@H](C)C(=O)O)c4)c4cc(OC(F)(F)F)ccc34)noc12. The first-order valence-electron chi connectivity index (χ1n) is 11.9. The molecule has 8 nitrogen and oxygen atoms in total. The van der Waals surface area contributed by atoms with Gasteiger partial charge in [-0.15, -0.1) is 13.2 Å². The summed E-state index contributed by atoms with van der Waals surface area (Å²) in [6.07, 6.45) is -5.91. The van der Waals surface area contributed by atoms with Crippen LogP contribution >= 0.6 is 0 Å². The summed E-state index contributed by atoms with van der Waals surface area (Å²) < 4.78 is 61.6. The van der Waals surface area contributed by atoms with E-state index in [9.17, 15) is 18.0 Å². The van der Waals surface area contributed by atoms with E-state index in [1.54, 1.807) is 36.4 Å². The molecule has 0 saturated carbocycles. The highest BCUT2D eigenvalue weighted by Gasteiger charge is 2.32. The van der Waals surface area contributed by atoms with Crippen LogP contribution < -0.4 is 14.2 Å². The van der Waals surface area contributed by atoms with Crippen molar-refractivity contribution < 1.29 is 41.8 Å². The van der Waals surface area contributed by atoms with E-state index in [0.29, 0.717) is 44.6 Å². The zero-order valence-corrected chi connectivity index (χ0v) is 21.1. The van der Waals surface area contributed by atoms with E-state index in [1.165, 1.54) is 26.2 Å². The summed E-state index contributed by atoms with van der Waals surface area (Å²) in [5.74, 6) is -0.612. The van der Waals surface area contributed by atoms with Crippen molar-refractivity contribution >= 4 is 27.8 Å². The number of carbonyl (C=O) groups is 1. The van der Waals surface area contributed by atoms with Gasteiger partial charge in [0.25, 0.3) is 0 Å². The second-order valence-corrected chi connectivity index (χ2v) is 8.89. The molecular formula is C28H23F3N2O6. The summed E-state index contributed by atoms with van der Waals surface area (Å²) in [6.45, 7) is 3.51. The van der Waals surface area contributed by atoms with Crippen molar-refractivity contribution in [2.24, 2.45) is 0 Å². The van der Waals surface area contributed by atoms with Crippen molar-refractivity contribution in [2.75, 3.05) is 7.11 Å². The van der Waals surface area contributed by atoms with E-state index in [2.05, 4.69) is 9.89 Å². The molecule has 0 radical (unpaired) electrons. The van der Waals surface area contributed by atoms with Crippen LogP contribution in [0.5, 0.6) is 17.2 Å². The lowest BCUT2D eigenvalue weighted by Gasteiger charge is -2.14. The van der Waals surface area contributed by atoms with Gasteiger partial charge >= 0.3 is 12.3 Å². The normalized spacial score (nSPS) is 12.6. The van der Waals surface area contributed by atoms with Crippen molar-refractivity contribution in [3.05, 3.63) is 71.9 Å². The monoisotopic (exact) mass is 540 g/mol. The Hall–Kier alpha value is -4.67. The van der Waals surface area contributed by atoms with Crippen molar-refractivity contribution in [1.29, 1.82) is 0 Å². The maximum absolute atomic E-state index is 13.0. The Labute approximate surface area is 220 Å².